The van der Waals surface area contributed by atoms with E-state index in [-0.39, 0.29) is 5.91 Å². The van der Waals surface area contributed by atoms with Crippen molar-refractivity contribution in [1.29, 1.82) is 0 Å². The number of carbonyl (C=O) groups excluding carboxylic acids is 2. The minimum absolute atomic E-state index is 0.319. The van der Waals surface area contributed by atoms with E-state index in [0.717, 1.165) is 0 Å². The fourth-order valence-corrected chi connectivity index (χ4v) is 1.25. The van der Waals surface area contributed by atoms with Crippen molar-refractivity contribution in [2.24, 2.45) is 0 Å². The van der Waals surface area contributed by atoms with Gasteiger partial charge in [-0.05, 0) is 19.1 Å². The molecule has 1 N–H and O–H groups in total. The molecule has 108 valence electrons. The Morgan fingerprint density at radius 2 is 2.00 bits per heavy atom. The lowest BCUT2D eigenvalue weighted by Gasteiger charge is -2.11. The van der Waals surface area contributed by atoms with Gasteiger partial charge in [0.1, 0.15) is 5.75 Å². The highest BCUT2D eigenvalue weighted by molar-refractivity contribution is 5.99. The third kappa shape index (κ3) is 5.01. The van der Waals surface area contributed by atoms with Crippen molar-refractivity contribution in [3.8, 4) is 5.75 Å². The summed E-state index contributed by atoms with van der Waals surface area (Å²) < 4.78 is 9.98. The summed E-state index contributed by atoms with van der Waals surface area (Å²) in [4.78, 5) is 24.4. The number of nitrogens with one attached hydrogen (secondary N) is 1. The van der Waals surface area contributed by atoms with E-state index in [1.807, 2.05) is 0 Å². The lowest BCUT2D eigenvalue weighted by molar-refractivity contribution is -0.112. The van der Waals surface area contributed by atoms with E-state index in [4.69, 9.17) is 9.47 Å². The van der Waals surface area contributed by atoms with Crippen LogP contribution in [0.25, 0.3) is 0 Å². The number of methoxy groups -OCH3 is 1. The number of benzene rings is 1. The largest absolute Gasteiger partial charge is 0.501 e. The normalized spacial score (nSPS) is 10.7. The Morgan fingerprint density at radius 1 is 1.30 bits per heavy atom. The molecule has 0 aliphatic carbocycles. The van der Waals surface area contributed by atoms with E-state index in [9.17, 15) is 9.59 Å². The molecule has 6 nitrogen and oxygen atoms in total. The molecule has 2 amide bonds. The Labute approximate surface area is 118 Å². The van der Waals surface area contributed by atoms with Gasteiger partial charge in [-0.3, -0.25) is 4.79 Å². The van der Waals surface area contributed by atoms with E-state index < -0.39 is 6.09 Å². The molecule has 0 radical (unpaired) electrons. The molecule has 0 fully saturated rings. The summed E-state index contributed by atoms with van der Waals surface area (Å²) in [6.07, 6.45) is 0.849. The van der Waals surface area contributed by atoms with E-state index in [1.54, 1.807) is 45.3 Å². The first-order chi connectivity index (χ1) is 9.42. The van der Waals surface area contributed by atoms with Crippen molar-refractivity contribution in [3.05, 3.63) is 36.1 Å². The van der Waals surface area contributed by atoms with Gasteiger partial charge in [-0.15, -0.1) is 0 Å². The van der Waals surface area contributed by atoms with Gasteiger partial charge in [0, 0.05) is 31.9 Å². The van der Waals surface area contributed by atoms with Gasteiger partial charge < -0.3 is 19.7 Å². The average Bonchev–Trinajstić information content (AvgIpc) is 2.38. The van der Waals surface area contributed by atoms with Crippen LogP contribution >= 0.6 is 0 Å². The molecule has 6 heteroatoms. The van der Waals surface area contributed by atoms with Gasteiger partial charge in [-0.25, -0.2) is 4.79 Å². The minimum atomic E-state index is -0.483. The number of anilines is 1. The third-order valence-electron chi connectivity index (χ3n) is 2.33. The van der Waals surface area contributed by atoms with Crippen LogP contribution < -0.4 is 10.1 Å². The van der Waals surface area contributed by atoms with Crippen LogP contribution in [0.15, 0.2) is 36.1 Å². The first-order valence-corrected chi connectivity index (χ1v) is 5.95. The first kappa shape index (κ1) is 15.6. The number of rotatable bonds is 4. The maximum absolute atomic E-state index is 11.6. The molecule has 0 saturated carbocycles. The van der Waals surface area contributed by atoms with E-state index in [0.29, 0.717) is 17.2 Å². The summed E-state index contributed by atoms with van der Waals surface area (Å²) in [6, 6.07) is 6.57. The standard InChI is InChI=1S/C14H18N2O4/c1-10(19-4)8-13(17)15-11-6-5-7-12(9-11)20-14(18)16(2)3/h5-9H,1-4H3,(H,15,17). The zero-order valence-electron chi connectivity index (χ0n) is 12.0. The fraction of sp³-hybridized carbons (Fsp3) is 0.286. The number of hydrogen-bond acceptors (Lipinski definition) is 4. The van der Waals surface area contributed by atoms with Gasteiger partial charge in [-0.1, -0.05) is 6.07 Å². The van der Waals surface area contributed by atoms with Crippen molar-refractivity contribution in [1.82, 2.24) is 4.90 Å². The highest BCUT2D eigenvalue weighted by Crippen LogP contribution is 2.18. The summed E-state index contributed by atoms with van der Waals surface area (Å²) >= 11 is 0. The van der Waals surface area contributed by atoms with Crippen LogP contribution in [0.4, 0.5) is 10.5 Å². The van der Waals surface area contributed by atoms with Crippen molar-refractivity contribution in [2.45, 2.75) is 6.92 Å². The smallest absolute Gasteiger partial charge is 0.414 e. The highest BCUT2D eigenvalue weighted by Gasteiger charge is 2.07. The number of amides is 2. The summed E-state index contributed by atoms with van der Waals surface area (Å²) in [5.41, 5.74) is 0.527. The highest BCUT2D eigenvalue weighted by atomic mass is 16.6. The maximum atomic E-state index is 11.6. The van der Waals surface area contributed by atoms with Crippen molar-refractivity contribution < 1.29 is 19.1 Å². The van der Waals surface area contributed by atoms with Gasteiger partial charge in [-0.2, -0.15) is 0 Å². The molecule has 0 spiro atoms. The molecule has 0 aliphatic heterocycles. The van der Waals surface area contributed by atoms with Crippen LogP contribution in [0.2, 0.25) is 0 Å². The molecule has 1 rings (SSSR count). The zero-order chi connectivity index (χ0) is 15.1. The molecule has 0 unspecified atom stereocenters. The predicted molar refractivity (Wildman–Crippen MR) is 75.5 cm³/mol. The molecule has 0 bridgehead atoms. The molecule has 20 heavy (non-hydrogen) atoms. The first-order valence-electron chi connectivity index (χ1n) is 5.95. The van der Waals surface area contributed by atoms with Crippen molar-refractivity contribution >= 4 is 17.7 Å². The summed E-state index contributed by atoms with van der Waals surface area (Å²) in [5, 5.41) is 2.65. The Balaban J connectivity index is 2.74. The van der Waals surface area contributed by atoms with Crippen molar-refractivity contribution in [2.75, 3.05) is 26.5 Å². The average molecular weight is 278 g/mol. The molecule has 1 aromatic carbocycles. The molecule has 0 saturated heterocycles. The second-order valence-corrected chi connectivity index (χ2v) is 4.24. The predicted octanol–water partition coefficient (Wildman–Crippen LogP) is 2.24. The van der Waals surface area contributed by atoms with E-state index >= 15 is 0 Å². The van der Waals surface area contributed by atoms with Gasteiger partial charge >= 0.3 is 6.09 Å². The number of allylic oxidation sites excluding steroid dienone is 1. The fourth-order valence-electron chi connectivity index (χ4n) is 1.25. The quantitative estimate of drug-likeness (QED) is 0.677. The molecular formula is C14H18N2O4. The van der Waals surface area contributed by atoms with Gasteiger partial charge in [0.2, 0.25) is 0 Å². The SMILES string of the molecule is COC(C)=CC(=O)Nc1cccc(OC(=O)N(C)C)c1. The van der Waals surface area contributed by atoms with Crippen LogP contribution in [-0.4, -0.2) is 38.1 Å². The Hall–Kier alpha value is -2.50. The Morgan fingerprint density at radius 3 is 2.60 bits per heavy atom. The lowest BCUT2D eigenvalue weighted by atomic mass is 10.3. The number of hydrogen-bond donors (Lipinski definition) is 1. The third-order valence-corrected chi connectivity index (χ3v) is 2.33. The number of nitrogens with zero attached hydrogens (tertiary/aromatic N) is 1. The zero-order valence-corrected chi connectivity index (χ0v) is 12.0. The molecule has 0 atom stereocenters. The summed E-state index contributed by atoms with van der Waals surface area (Å²) in [7, 11) is 4.67. The molecular weight excluding hydrogens is 260 g/mol. The van der Waals surface area contributed by atoms with Crippen LogP contribution in [0.1, 0.15) is 6.92 Å². The summed E-state index contributed by atoms with van der Waals surface area (Å²) in [6.45, 7) is 1.68. The number of carbonyl (C=O) groups is 2. The van der Waals surface area contributed by atoms with Gasteiger partial charge in [0.05, 0.1) is 12.9 Å². The van der Waals surface area contributed by atoms with Crippen LogP contribution in [0, 0.1) is 0 Å². The Bertz CT molecular complexity index is 524. The van der Waals surface area contributed by atoms with Gasteiger partial charge in [0.25, 0.3) is 5.91 Å². The topological polar surface area (TPSA) is 67.9 Å². The summed E-state index contributed by atoms with van der Waals surface area (Å²) in [5.74, 6) is 0.534. The molecule has 1 aromatic rings. The monoisotopic (exact) mass is 278 g/mol. The second-order valence-electron chi connectivity index (χ2n) is 4.24. The lowest BCUT2D eigenvalue weighted by Crippen LogP contribution is -2.25. The number of ether oxygens (including phenoxy) is 2. The van der Waals surface area contributed by atoms with Crippen molar-refractivity contribution in [3.63, 3.8) is 0 Å². The Kier molecular flexibility index (Phi) is 5.58. The maximum Gasteiger partial charge on any atom is 0.414 e. The molecule has 0 aromatic heterocycles. The van der Waals surface area contributed by atoms with E-state index in [1.165, 1.54) is 18.1 Å². The molecule has 0 heterocycles. The second kappa shape index (κ2) is 7.18. The van der Waals surface area contributed by atoms with E-state index in [2.05, 4.69) is 5.32 Å². The van der Waals surface area contributed by atoms with Crippen LogP contribution in [0.5, 0.6) is 5.75 Å². The van der Waals surface area contributed by atoms with Crippen LogP contribution in [0.3, 0.4) is 0 Å². The molecule has 0 aliphatic rings. The van der Waals surface area contributed by atoms with Crippen LogP contribution in [-0.2, 0) is 9.53 Å². The van der Waals surface area contributed by atoms with Gasteiger partial charge in [0.15, 0.2) is 0 Å². The minimum Gasteiger partial charge on any atom is -0.501 e.